The Morgan fingerprint density at radius 2 is 1.32 bits per heavy atom. The van der Waals surface area contributed by atoms with Crippen LogP contribution in [0.4, 0.5) is 28.7 Å². The summed E-state index contributed by atoms with van der Waals surface area (Å²) in [5, 5.41) is 32.4. The first-order valence-corrected chi connectivity index (χ1v) is 11.3. The normalized spacial score (nSPS) is 8.68. The van der Waals surface area contributed by atoms with Gasteiger partial charge in [0.1, 0.15) is 11.5 Å². The molecule has 4 aromatic rings. The van der Waals surface area contributed by atoms with E-state index < -0.39 is 9.85 Å². The average Bonchev–Trinajstić information content (AvgIpc) is 2.93. The Labute approximate surface area is 362 Å². The topological polar surface area (TPSA) is 225 Å². The van der Waals surface area contributed by atoms with E-state index in [1.165, 1.54) is 18.3 Å². The number of nitrogens with two attached hydrogens (primary N) is 1. The van der Waals surface area contributed by atoms with Crippen LogP contribution < -0.4 is 154 Å². The fraction of sp³-hybridized carbons (Fsp3) is 0.0870. The third-order valence-corrected chi connectivity index (χ3v) is 4.91. The van der Waals surface area contributed by atoms with Gasteiger partial charge in [-0.2, -0.15) is 0 Å². The molecule has 4 rings (SSSR count). The SMILES string of the molecule is Cc1nccnc1N.Cc1nccnc1Nc1ccccc1[N+](=O)[O-].O=CO[O-].O=[N+]([O-])c1ccccc1Br.[Cs+].[Cs+].[H-]. The molecule has 2 aromatic carbocycles. The minimum Gasteiger partial charge on any atom is -1.00 e. The van der Waals surface area contributed by atoms with Crippen molar-refractivity contribution in [2.45, 2.75) is 13.8 Å². The predicted octanol–water partition coefficient (Wildman–Crippen LogP) is -2.28. The second-order valence-corrected chi connectivity index (χ2v) is 7.67. The van der Waals surface area contributed by atoms with Crippen molar-refractivity contribution in [1.82, 2.24) is 19.9 Å². The predicted molar refractivity (Wildman–Crippen MR) is 143 cm³/mol. The molecular formula is C23H23BrCs2N8O7. The van der Waals surface area contributed by atoms with Gasteiger partial charge in [0, 0.05) is 36.9 Å². The molecule has 206 valence electrons. The van der Waals surface area contributed by atoms with Crippen LogP contribution in [-0.4, -0.2) is 36.3 Å². The summed E-state index contributed by atoms with van der Waals surface area (Å²) >= 11 is 3.06. The number of nitrogens with zero attached hydrogens (tertiary/aromatic N) is 6. The molecule has 0 aliphatic carbocycles. The number of nitro benzene ring substituents is 2. The monoisotopic (exact) mass is 868 g/mol. The van der Waals surface area contributed by atoms with Crippen molar-refractivity contribution in [3.63, 3.8) is 0 Å². The Kier molecular flexibility index (Phi) is 25.1. The van der Waals surface area contributed by atoms with Gasteiger partial charge < -0.3 is 22.6 Å². The number of benzene rings is 2. The van der Waals surface area contributed by atoms with Gasteiger partial charge in [-0.25, -0.2) is 9.97 Å². The van der Waals surface area contributed by atoms with Crippen molar-refractivity contribution >= 4 is 51.1 Å². The molecule has 0 aliphatic rings. The molecule has 0 saturated carbocycles. The van der Waals surface area contributed by atoms with Crippen LogP contribution >= 0.6 is 15.9 Å². The van der Waals surface area contributed by atoms with Gasteiger partial charge in [0.15, 0.2) is 5.82 Å². The van der Waals surface area contributed by atoms with Gasteiger partial charge in [-0.15, -0.1) is 0 Å². The fourth-order valence-corrected chi connectivity index (χ4v) is 2.84. The van der Waals surface area contributed by atoms with E-state index in [1.807, 2.05) is 6.92 Å². The molecule has 0 bridgehead atoms. The molecule has 41 heavy (non-hydrogen) atoms. The summed E-state index contributed by atoms with van der Waals surface area (Å²) in [5.41, 5.74) is 7.33. The third kappa shape index (κ3) is 17.0. The van der Waals surface area contributed by atoms with E-state index in [0.29, 0.717) is 27.5 Å². The number of nitro groups is 2. The largest absolute Gasteiger partial charge is 1.00 e. The summed E-state index contributed by atoms with van der Waals surface area (Å²) in [6.07, 6.45) is 6.29. The first-order chi connectivity index (χ1) is 18.6. The van der Waals surface area contributed by atoms with Gasteiger partial charge in [0.05, 0.1) is 25.7 Å². The summed E-state index contributed by atoms with van der Waals surface area (Å²) in [6.45, 7) is 3.42. The minimum absolute atomic E-state index is 0. The van der Waals surface area contributed by atoms with Crippen LogP contribution in [0.1, 0.15) is 12.8 Å². The van der Waals surface area contributed by atoms with Crippen LogP contribution in [-0.2, 0) is 9.68 Å². The van der Waals surface area contributed by atoms with E-state index in [-0.39, 0.29) is 157 Å². The zero-order chi connectivity index (χ0) is 29.2. The average molecular weight is 869 g/mol. The third-order valence-electron chi connectivity index (χ3n) is 4.24. The second-order valence-electron chi connectivity index (χ2n) is 6.82. The number of rotatable bonds is 5. The Morgan fingerprint density at radius 1 is 0.854 bits per heavy atom. The Morgan fingerprint density at radius 3 is 1.73 bits per heavy atom. The maximum Gasteiger partial charge on any atom is 1.00 e. The fourth-order valence-electron chi connectivity index (χ4n) is 2.41. The van der Waals surface area contributed by atoms with Gasteiger partial charge >= 0.3 is 138 Å². The van der Waals surface area contributed by atoms with Crippen LogP contribution in [0.5, 0.6) is 0 Å². The molecular weight excluding hydrogens is 846 g/mol. The Balaban J connectivity index is -0.000000525. The van der Waals surface area contributed by atoms with E-state index in [9.17, 15) is 20.2 Å². The van der Waals surface area contributed by atoms with E-state index >= 15 is 0 Å². The van der Waals surface area contributed by atoms with Crippen LogP contribution in [0, 0.1) is 34.1 Å². The maximum atomic E-state index is 10.8. The number of nitrogens with one attached hydrogen (secondary N) is 1. The van der Waals surface area contributed by atoms with Gasteiger partial charge in [0.2, 0.25) is 0 Å². The van der Waals surface area contributed by atoms with E-state index in [2.05, 4.69) is 46.1 Å². The number of carbonyl (C=O) groups is 1. The summed E-state index contributed by atoms with van der Waals surface area (Å²) in [5.74, 6) is 1.02. The number of anilines is 3. The molecule has 2 heterocycles. The van der Waals surface area contributed by atoms with Crippen LogP contribution in [0.3, 0.4) is 0 Å². The summed E-state index contributed by atoms with van der Waals surface area (Å²) < 4.78 is 0.514. The van der Waals surface area contributed by atoms with Crippen LogP contribution in [0.15, 0.2) is 77.8 Å². The molecule has 0 fully saturated rings. The van der Waals surface area contributed by atoms with Crippen LogP contribution in [0.25, 0.3) is 0 Å². The molecule has 18 heteroatoms. The van der Waals surface area contributed by atoms with E-state index in [1.54, 1.807) is 61.9 Å². The number of nitrogen functional groups attached to an aromatic ring is 1. The zero-order valence-electron chi connectivity index (χ0n) is 23.5. The number of aromatic nitrogens is 4. The number of hydrogen-bond donors (Lipinski definition) is 2. The smallest absolute Gasteiger partial charge is 1.00 e. The van der Waals surface area contributed by atoms with Crippen molar-refractivity contribution < 1.29 is 164 Å². The van der Waals surface area contributed by atoms with Crippen molar-refractivity contribution in [2.75, 3.05) is 11.1 Å². The summed E-state index contributed by atoms with van der Waals surface area (Å²) in [7, 11) is 0. The molecule has 0 saturated heterocycles. The summed E-state index contributed by atoms with van der Waals surface area (Å²) in [4.78, 5) is 47.2. The first kappa shape index (κ1) is 42.1. The van der Waals surface area contributed by atoms with Crippen molar-refractivity contribution in [2.24, 2.45) is 0 Å². The molecule has 0 spiro atoms. The number of carbonyl (C=O) groups excluding carboxylic acids is 1. The van der Waals surface area contributed by atoms with Gasteiger partial charge in [-0.1, -0.05) is 24.3 Å². The summed E-state index contributed by atoms with van der Waals surface area (Å²) in [6, 6.07) is 12.9. The van der Waals surface area contributed by atoms with Gasteiger partial charge in [0.25, 0.3) is 17.8 Å². The molecule has 2 aromatic heterocycles. The molecule has 0 aliphatic heterocycles. The molecule has 0 atom stereocenters. The molecule has 0 amide bonds. The van der Waals surface area contributed by atoms with E-state index in [0.717, 1.165) is 5.69 Å². The Hall–Kier alpha value is -0.986. The van der Waals surface area contributed by atoms with Crippen molar-refractivity contribution in [3.8, 4) is 0 Å². The molecule has 0 radical (unpaired) electrons. The number of hydrogen-bond acceptors (Lipinski definition) is 13. The van der Waals surface area contributed by atoms with Gasteiger partial charge in [-0.3, -0.25) is 35.0 Å². The zero-order valence-corrected chi connectivity index (χ0v) is 36.6. The second kappa shape index (κ2) is 24.5. The van der Waals surface area contributed by atoms with Crippen molar-refractivity contribution in [3.05, 3.63) is 109 Å². The number of para-hydroxylation sites is 3. The van der Waals surface area contributed by atoms with Gasteiger partial charge in [-0.05, 0) is 41.9 Å². The minimum atomic E-state index is -0.436. The Bertz CT molecular complexity index is 1370. The molecule has 15 nitrogen and oxygen atoms in total. The van der Waals surface area contributed by atoms with Crippen LogP contribution in [0.2, 0.25) is 0 Å². The first-order valence-electron chi connectivity index (χ1n) is 10.5. The van der Waals surface area contributed by atoms with E-state index in [4.69, 9.17) is 15.8 Å². The number of aryl methyl sites for hydroxylation is 2. The molecule has 3 N–H and O–H groups in total. The standard InChI is InChI=1S/C11H10N4O2.C6H4BrNO2.C5H7N3.CH2O3.2Cs.H/c1-8-11(13-7-6-12-8)14-9-4-2-3-5-10(9)15(16)17;7-5-3-1-2-4-6(5)8(9)10;1-4-5(6)8-3-2-7-4;2-1-4-3;;;/h2-7H,1H3,(H,13,14);1-4H;2-3H,1H3,(H2,6,8);1,3H;;;/q;;;;2*+1;-1/p-1. The maximum absolute atomic E-state index is 10.8. The quantitative estimate of drug-likeness (QED) is 0.0935. The number of halogens is 1. The molecule has 0 unspecified atom stereocenters. The van der Waals surface area contributed by atoms with Crippen molar-refractivity contribution in [1.29, 1.82) is 0 Å².